The van der Waals surface area contributed by atoms with Crippen molar-refractivity contribution in [3.63, 3.8) is 0 Å². The number of hydrogen-bond donors (Lipinski definition) is 1. The Morgan fingerprint density at radius 3 is 2.55 bits per heavy atom. The fourth-order valence-electron chi connectivity index (χ4n) is 4.11. The zero-order valence-electron chi connectivity index (χ0n) is 21.2. The number of anilines is 1. The molecule has 2 aromatic heterocycles. The zero-order chi connectivity index (χ0) is 28.6. The molecule has 0 atom stereocenters. The number of ketones is 1. The van der Waals surface area contributed by atoms with E-state index in [0.29, 0.717) is 22.1 Å². The minimum atomic E-state index is -4.03. The Balaban J connectivity index is 1.51. The van der Waals surface area contributed by atoms with E-state index in [1.54, 1.807) is 49.4 Å². The van der Waals surface area contributed by atoms with Crippen LogP contribution in [0.15, 0.2) is 82.5 Å². The smallest absolute Gasteiger partial charge is 0.276 e. The Kier molecular flexibility index (Phi) is 7.22. The molecule has 1 amide bonds. The lowest BCUT2D eigenvalue weighted by molar-refractivity contribution is 0.101. The number of nitrogens with zero attached hydrogens (tertiary/aromatic N) is 2. The van der Waals surface area contributed by atoms with E-state index >= 15 is 0 Å². The van der Waals surface area contributed by atoms with Crippen LogP contribution in [0.4, 0.5) is 10.1 Å². The Morgan fingerprint density at radius 1 is 1.02 bits per heavy atom. The first kappa shape index (κ1) is 27.2. The molecule has 2 heterocycles. The van der Waals surface area contributed by atoms with Gasteiger partial charge in [-0.1, -0.05) is 65.7 Å². The monoisotopic (exact) mass is 577 g/mol. The maximum Gasteiger partial charge on any atom is 0.276 e. The lowest BCUT2D eigenvalue weighted by Crippen LogP contribution is -2.19. The molecule has 0 fully saturated rings. The Morgan fingerprint density at radius 2 is 1.80 bits per heavy atom. The number of benzene rings is 3. The van der Waals surface area contributed by atoms with Crippen LogP contribution in [0.3, 0.4) is 0 Å². The van der Waals surface area contributed by atoms with E-state index in [1.165, 1.54) is 12.1 Å². The van der Waals surface area contributed by atoms with Crippen molar-refractivity contribution in [1.29, 1.82) is 0 Å². The summed E-state index contributed by atoms with van der Waals surface area (Å²) in [4.78, 5) is 34.5. The minimum Gasteiger partial charge on any atom is -0.450 e. The molecule has 0 unspecified atom stereocenters. The normalized spacial score (nSPS) is 11.5. The van der Waals surface area contributed by atoms with Gasteiger partial charge < -0.3 is 9.73 Å². The summed E-state index contributed by atoms with van der Waals surface area (Å²) >= 11 is 6.20. The van der Waals surface area contributed by atoms with Crippen LogP contribution < -0.4 is 5.32 Å². The van der Waals surface area contributed by atoms with Crippen molar-refractivity contribution in [2.24, 2.45) is 0 Å². The third kappa shape index (κ3) is 5.36. The summed E-state index contributed by atoms with van der Waals surface area (Å²) in [7, 11) is -4.03. The third-order valence-electron chi connectivity index (χ3n) is 6.13. The topological polar surface area (TPSA) is 119 Å². The van der Waals surface area contributed by atoms with Gasteiger partial charge in [0.25, 0.3) is 5.91 Å². The number of fused-ring (bicyclic) bond motifs is 1. The van der Waals surface area contributed by atoms with Crippen molar-refractivity contribution in [1.82, 2.24) is 9.97 Å². The van der Waals surface area contributed by atoms with Crippen LogP contribution in [0.2, 0.25) is 5.02 Å². The van der Waals surface area contributed by atoms with E-state index in [0.717, 1.165) is 17.8 Å². The molecule has 3 aromatic carbocycles. The van der Waals surface area contributed by atoms with Crippen molar-refractivity contribution >= 4 is 49.8 Å². The van der Waals surface area contributed by atoms with Gasteiger partial charge in [-0.3, -0.25) is 9.59 Å². The van der Waals surface area contributed by atoms with Crippen LogP contribution >= 0.6 is 11.6 Å². The first-order valence-corrected chi connectivity index (χ1v) is 14.0. The molecule has 0 aliphatic carbocycles. The highest BCUT2D eigenvalue weighted by Gasteiger charge is 2.27. The molecule has 0 saturated heterocycles. The molecule has 0 spiro atoms. The molecule has 1 N–H and O–H groups in total. The number of carbonyl (C=O) groups excluding carboxylic acids is 2. The van der Waals surface area contributed by atoms with Gasteiger partial charge in [0.15, 0.2) is 11.5 Å². The van der Waals surface area contributed by atoms with Crippen LogP contribution in [0, 0.1) is 19.7 Å². The number of amides is 1. The van der Waals surface area contributed by atoms with Crippen molar-refractivity contribution in [2.75, 3.05) is 5.32 Å². The zero-order valence-corrected chi connectivity index (χ0v) is 22.8. The predicted octanol–water partition coefficient (Wildman–Crippen LogP) is 6.09. The van der Waals surface area contributed by atoms with E-state index in [4.69, 9.17) is 16.0 Å². The molecule has 0 aliphatic rings. The third-order valence-corrected chi connectivity index (χ3v) is 7.87. The molecule has 0 saturated carbocycles. The van der Waals surface area contributed by atoms with Gasteiger partial charge in [0, 0.05) is 10.9 Å². The Bertz CT molecular complexity index is 1920. The summed E-state index contributed by atoms with van der Waals surface area (Å²) in [6, 6.07) is 17.6. The molecule has 0 aliphatic heterocycles. The fraction of sp³-hybridized carbons (Fsp3) is 0.103. The number of nitrogens with one attached hydrogen (secondary N) is 1. The number of rotatable bonds is 7. The second-order valence-corrected chi connectivity index (χ2v) is 11.4. The first-order valence-electron chi connectivity index (χ1n) is 12.0. The van der Waals surface area contributed by atoms with E-state index in [9.17, 15) is 22.4 Å². The van der Waals surface area contributed by atoms with Crippen LogP contribution in [0.1, 0.15) is 43.3 Å². The first-order chi connectivity index (χ1) is 19.0. The summed E-state index contributed by atoms with van der Waals surface area (Å²) < 4.78 is 46.1. The van der Waals surface area contributed by atoms with Gasteiger partial charge in [-0.25, -0.2) is 22.8 Å². The number of para-hydroxylation sites is 1. The maximum atomic E-state index is 14.2. The van der Waals surface area contributed by atoms with Crippen molar-refractivity contribution in [3.8, 4) is 0 Å². The molecule has 0 radical (unpaired) electrons. The number of furan rings is 1. The quantitative estimate of drug-likeness (QED) is 0.184. The molecular weight excluding hydrogens is 557 g/mol. The van der Waals surface area contributed by atoms with Gasteiger partial charge >= 0.3 is 0 Å². The lowest BCUT2D eigenvalue weighted by atomic mass is 10.0. The van der Waals surface area contributed by atoms with Gasteiger partial charge in [0.2, 0.25) is 20.8 Å². The molecule has 202 valence electrons. The number of carbonyl (C=O) groups is 2. The fourth-order valence-corrected chi connectivity index (χ4v) is 5.48. The van der Waals surface area contributed by atoms with E-state index < -0.39 is 38.2 Å². The van der Waals surface area contributed by atoms with Crippen molar-refractivity contribution in [3.05, 3.63) is 117 Å². The van der Waals surface area contributed by atoms with Gasteiger partial charge in [0.1, 0.15) is 11.4 Å². The van der Waals surface area contributed by atoms with Gasteiger partial charge in [-0.2, -0.15) is 0 Å². The van der Waals surface area contributed by atoms with E-state index in [-0.39, 0.29) is 27.8 Å². The van der Waals surface area contributed by atoms with Crippen LogP contribution in [-0.4, -0.2) is 30.1 Å². The predicted molar refractivity (Wildman–Crippen MR) is 148 cm³/mol. The van der Waals surface area contributed by atoms with Gasteiger partial charge in [0.05, 0.1) is 22.7 Å². The molecule has 11 heteroatoms. The van der Waals surface area contributed by atoms with Crippen LogP contribution in [0.25, 0.3) is 11.0 Å². The summed E-state index contributed by atoms with van der Waals surface area (Å²) in [6.45, 7) is 3.41. The average molecular weight is 578 g/mol. The average Bonchev–Trinajstić information content (AvgIpc) is 3.28. The van der Waals surface area contributed by atoms with Gasteiger partial charge in [-0.05, 0) is 43.2 Å². The van der Waals surface area contributed by atoms with Crippen molar-refractivity contribution in [2.45, 2.75) is 24.8 Å². The number of halogens is 2. The van der Waals surface area contributed by atoms with Gasteiger partial charge in [-0.15, -0.1) is 0 Å². The number of hydrogen-bond acceptors (Lipinski definition) is 7. The summed E-state index contributed by atoms with van der Waals surface area (Å²) in [5.74, 6) is -2.75. The highest BCUT2D eigenvalue weighted by Crippen LogP contribution is 2.33. The Hall–Kier alpha value is -4.41. The molecule has 0 bridgehead atoms. The molecule has 8 nitrogen and oxygen atoms in total. The number of aromatic nitrogens is 2. The summed E-state index contributed by atoms with van der Waals surface area (Å²) in [6.07, 6.45) is 1.03. The second kappa shape index (κ2) is 10.6. The van der Waals surface area contributed by atoms with Crippen LogP contribution in [0.5, 0.6) is 0 Å². The molecule has 5 rings (SSSR count). The SMILES string of the molecule is Cc1cccc(CS(=O)(=O)c2ncc(Cl)c(C(=O)Nc3c(C(=O)c4ccc(C)c(F)c4)oc4ccccc34)n2)c1. The molecule has 40 heavy (non-hydrogen) atoms. The minimum absolute atomic E-state index is 0.00503. The summed E-state index contributed by atoms with van der Waals surface area (Å²) in [5.41, 5.74) is 1.68. The number of aryl methyl sites for hydroxylation is 2. The van der Waals surface area contributed by atoms with Crippen molar-refractivity contribution < 1.29 is 26.8 Å². The largest absolute Gasteiger partial charge is 0.450 e. The molecular formula is C29H21ClFN3O5S. The Labute approximate surface area is 233 Å². The standard InChI is InChI=1S/C29H21ClFN3O5S/c1-16-6-5-7-18(12-16)15-40(37,38)29-32-14-21(30)25(34-29)28(36)33-24-20-8-3-4-9-23(20)39-27(24)26(35)19-11-10-17(2)22(31)13-19/h3-14H,15H2,1-2H3,(H,33,36). The number of sulfone groups is 1. The second-order valence-electron chi connectivity index (χ2n) is 9.15. The molecule has 5 aromatic rings. The highest BCUT2D eigenvalue weighted by molar-refractivity contribution is 7.90. The van der Waals surface area contributed by atoms with E-state index in [1.807, 2.05) is 13.0 Å². The highest BCUT2D eigenvalue weighted by atomic mass is 35.5. The maximum absolute atomic E-state index is 14.2. The van der Waals surface area contributed by atoms with E-state index in [2.05, 4.69) is 15.3 Å². The van der Waals surface area contributed by atoms with Crippen LogP contribution in [-0.2, 0) is 15.6 Å². The lowest BCUT2D eigenvalue weighted by Gasteiger charge is -2.09. The summed E-state index contributed by atoms with van der Waals surface area (Å²) in [5, 5.41) is 2.20.